The number of nitrogens with two attached hydrogens (primary N) is 1. The molecule has 0 spiro atoms. The van der Waals surface area contributed by atoms with E-state index in [1.165, 1.54) is 0 Å². The van der Waals surface area contributed by atoms with Crippen molar-refractivity contribution >= 4 is 21.6 Å². The fourth-order valence-electron chi connectivity index (χ4n) is 2.02. The molecule has 3 nitrogen and oxygen atoms in total. The Bertz CT molecular complexity index is 381. The lowest BCUT2D eigenvalue weighted by Gasteiger charge is -2.20. The van der Waals surface area contributed by atoms with Gasteiger partial charge >= 0.3 is 0 Å². The summed E-state index contributed by atoms with van der Waals surface area (Å²) in [4.78, 5) is 2.19. The molecule has 1 fully saturated rings. The summed E-state index contributed by atoms with van der Waals surface area (Å²) in [5, 5.41) is 9.52. The number of β-amino-alcohol motifs (C(OH)–C–C–N with tert-alkyl or cyclic N) is 1. The third-order valence-corrected chi connectivity index (χ3v) is 3.64. The number of aliphatic hydroxyl groups is 1. The highest BCUT2D eigenvalue weighted by atomic mass is 79.9. The van der Waals surface area contributed by atoms with E-state index in [0.717, 1.165) is 35.2 Å². The zero-order valence-corrected chi connectivity index (χ0v) is 10.9. The first-order valence-corrected chi connectivity index (χ1v) is 6.35. The number of hydrogen-bond acceptors (Lipinski definition) is 3. The van der Waals surface area contributed by atoms with E-state index in [1.807, 2.05) is 6.92 Å². The maximum atomic E-state index is 9.52. The monoisotopic (exact) mass is 284 g/mol. The predicted molar refractivity (Wildman–Crippen MR) is 69.6 cm³/mol. The van der Waals surface area contributed by atoms with Crippen LogP contribution in [0.2, 0.25) is 0 Å². The molecule has 2 rings (SSSR count). The van der Waals surface area contributed by atoms with Gasteiger partial charge in [-0.2, -0.15) is 0 Å². The molecule has 1 aliphatic rings. The van der Waals surface area contributed by atoms with Crippen LogP contribution in [-0.4, -0.2) is 24.3 Å². The maximum absolute atomic E-state index is 9.52. The average molecular weight is 285 g/mol. The van der Waals surface area contributed by atoms with Gasteiger partial charge in [0, 0.05) is 23.6 Å². The summed E-state index contributed by atoms with van der Waals surface area (Å²) in [6.45, 7) is 3.61. The van der Waals surface area contributed by atoms with E-state index in [0.29, 0.717) is 0 Å². The second-order valence-electron chi connectivity index (χ2n) is 4.39. The standard InChI is InChI=1S/C12H17BrN2O/c1-8(14)9-2-3-12(11(13)6-9)15-5-4-10(16)7-15/h2-3,6,8,10,16H,4-5,7,14H2,1H3/t8-,10?/m1/s1. The van der Waals surface area contributed by atoms with Crippen molar-refractivity contribution in [1.29, 1.82) is 0 Å². The number of rotatable bonds is 2. The van der Waals surface area contributed by atoms with E-state index in [-0.39, 0.29) is 12.1 Å². The Kier molecular flexibility index (Phi) is 3.52. The largest absolute Gasteiger partial charge is 0.391 e. The highest BCUT2D eigenvalue weighted by Crippen LogP contribution is 2.31. The first kappa shape index (κ1) is 11.9. The molecule has 4 heteroatoms. The quantitative estimate of drug-likeness (QED) is 0.874. The smallest absolute Gasteiger partial charge is 0.0731 e. The zero-order chi connectivity index (χ0) is 11.7. The molecule has 0 saturated carbocycles. The summed E-state index contributed by atoms with van der Waals surface area (Å²) in [5.41, 5.74) is 8.09. The highest BCUT2D eigenvalue weighted by Gasteiger charge is 2.22. The van der Waals surface area contributed by atoms with Gasteiger partial charge in [0.05, 0.1) is 11.8 Å². The molecular formula is C12H17BrN2O. The van der Waals surface area contributed by atoms with Crippen LogP contribution in [0, 0.1) is 0 Å². The molecule has 16 heavy (non-hydrogen) atoms. The first-order chi connectivity index (χ1) is 7.58. The maximum Gasteiger partial charge on any atom is 0.0731 e. The molecule has 2 atom stereocenters. The molecule has 0 bridgehead atoms. The van der Waals surface area contributed by atoms with Crippen LogP contribution in [-0.2, 0) is 0 Å². The summed E-state index contributed by atoms with van der Waals surface area (Å²) < 4.78 is 1.05. The Morgan fingerprint density at radius 2 is 2.31 bits per heavy atom. The third-order valence-electron chi connectivity index (χ3n) is 3.00. The summed E-state index contributed by atoms with van der Waals surface area (Å²) in [6, 6.07) is 6.23. The van der Waals surface area contributed by atoms with Crippen LogP contribution in [0.4, 0.5) is 5.69 Å². The van der Waals surface area contributed by atoms with Gasteiger partial charge < -0.3 is 15.7 Å². The van der Waals surface area contributed by atoms with Gasteiger partial charge in [-0.1, -0.05) is 6.07 Å². The fourth-order valence-corrected chi connectivity index (χ4v) is 2.67. The van der Waals surface area contributed by atoms with E-state index >= 15 is 0 Å². The number of nitrogens with zero attached hydrogens (tertiary/aromatic N) is 1. The van der Waals surface area contributed by atoms with Gasteiger partial charge in [0.25, 0.3) is 0 Å². The van der Waals surface area contributed by atoms with Crippen LogP contribution in [0.5, 0.6) is 0 Å². The first-order valence-electron chi connectivity index (χ1n) is 5.56. The summed E-state index contributed by atoms with van der Waals surface area (Å²) in [7, 11) is 0. The lowest BCUT2D eigenvalue weighted by Crippen LogP contribution is -2.21. The Morgan fingerprint density at radius 1 is 1.56 bits per heavy atom. The zero-order valence-electron chi connectivity index (χ0n) is 9.36. The minimum absolute atomic E-state index is 0.0505. The van der Waals surface area contributed by atoms with Gasteiger partial charge in [-0.15, -0.1) is 0 Å². The Hall–Kier alpha value is -0.580. The lowest BCUT2D eigenvalue weighted by molar-refractivity contribution is 0.198. The van der Waals surface area contributed by atoms with Gasteiger partial charge in [0.2, 0.25) is 0 Å². The average Bonchev–Trinajstić information content (AvgIpc) is 2.64. The van der Waals surface area contributed by atoms with Crippen molar-refractivity contribution in [3.8, 4) is 0 Å². The summed E-state index contributed by atoms with van der Waals surface area (Å²) in [6.07, 6.45) is 0.654. The molecule has 88 valence electrons. The molecule has 0 amide bonds. The van der Waals surface area contributed by atoms with Crippen molar-refractivity contribution in [3.05, 3.63) is 28.2 Å². The summed E-state index contributed by atoms with van der Waals surface area (Å²) >= 11 is 3.57. The van der Waals surface area contributed by atoms with Gasteiger partial charge in [-0.05, 0) is 47.0 Å². The number of anilines is 1. The van der Waals surface area contributed by atoms with Crippen molar-refractivity contribution in [2.45, 2.75) is 25.5 Å². The van der Waals surface area contributed by atoms with Crippen LogP contribution in [0.3, 0.4) is 0 Å². The van der Waals surface area contributed by atoms with E-state index < -0.39 is 0 Å². The van der Waals surface area contributed by atoms with Gasteiger partial charge in [0.1, 0.15) is 0 Å². The molecule has 1 saturated heterocycles. The molecule has 1 aliphatic heterocycles. The van der Waals surface area contributed by atoms with Gasteiger partial charge in [-0.25, -0.2) is 0 Å². The van der Waals surface area contributed by atoms with Crippen molar-refractivity contribution in [2.75, 3.05) is 18.0 Å². The molecule has 1 aromatic rings. The number of halogens is 1. The number of aliphatic hydroxyl groups excluding tert-OH is 1. The molecule has 0 radical (unpaired) electrons. The topological polar surface area (TPSA) is 49.5 Å². The Labute approximate surface area is 104 Å². The minimum Gasteiger partial charge on any atom is -0.391 e. The van der Waals surface area contributed by atoms with E-state index in [4.69, 9.17) is 5.73 Å². The number of benzene rings is 1. The van der Waals surface area contributed by atoms with Crippen molar-refractivity contribution in [1.82, 2.24) is 0 Å². The van der Waals surface area contributed by atoms with Crippen molar-refractivity contribution in [2.24, 2.45) is 5.73 Å². The second kappa shape index (κ2) is 4.73. The van der Waals surface area contributed by atoms with Crippen LogP contribution >= 0.6 is 15.9 Å². The second-order valence-corrected chi connectivity index (χ2v) is 5.24. The van der Waals surface area contributed by atoms with Gasteiger partial charge in [-0.3, -0.25) is 0 Å². The van der Waals surface area contributed by atoms with E-state index in [9.17, 15) is 5.11 Å². The third kappa shape index (κ3) is 2.39. The van der Waals surface area contributed by atoms with E-state index in [2.05, 4.69) is 39.0 Å². The molecule has 0 aromatic heterocycles. The number of hydrogen-bond donors (Lipinski definition) is 2. The SMILES string of the molecule is C[C@@H](N)c1ccc(N2CCC(O)C2)c(Br)c1. The van der Waals surface area contributed by atoms with Crippen LogP contribution in [0.25, 0.3) is 0 Å². The van der Waals surface area contributed by atoms with E-state index in [1.54, 1.807) is 0 Å². The Balaban J connectivity index is 2.22. The summed E-state index contributed by atoms with van der Waals surface area (Å²) in [5.74, 6) is 0. The molecule has 1 aromatic carbocycles. The van der Waals surface area contributed by atoms with Gasteiger partial charge in [0.15, 0.2) is 0 Å². The highest BCUT2D eigenvalue weighted by molar-refractivity contribution is 9.10. The molecule has 1 unspecified atom stereocenters. The molecular weight excluding hydrogens is 268 g/mol. The van der Waals surface area contributed by atoms with Crippen LogP contribution < -0.4 is 10.6 Å². The minimum atomic E-state index is -0.194. The lowest BCUT2D eigenvalue weighted by atomic mass is 10.1. The fraction of sp³-hybridized carbons (Fsp3) is 0.500. The van der Waals surface area contributed by atoms with Crippen LogP contribution in [0.1, 0.15) is 24.9 Å². The predicted octanol–water partition coefficient (Wildman–Crippen LogP) is 2.04. The van der Waals surface area contributed by atoms with Crippen molar-refractivity contribution in [3.63, 3.8) is 0 Å². The molecule has 0 aliphatic carbocycles. The molecule has 3 N–H and O–H groups in total. The Morgan fingerprint density at radius 3 is 2.81 bits per heavy atom. The normalized spacial score (nSPS) is 22.5. The van der Waals surface area contributed by atoms with Crippen molar-refractivity contribution < 1.29 is 5.11 Å². The van der Waals surface area contributed by atoms with Crippen LogP contribution in [0.15, 0.2) is 22.7 Å². The molecule has 1 heterocycles.